The fraction of sp³-hybridized carbons (Fsp3) is 0.107. The third kappa shape index (κ3) is 5.82. The van der Waals surface area contributed by atoms with Crippen LogP contribution in [-0.4, -0.2) is 16.4 Å². The summed E-state index contributed by atoms with van der Waals surface area (Å²) in [5, 5.41) is 2.17. The van der Waals surface area contributed by atoms with Crippen LogP contribution in [0.25, 0.3) is 72.0 Å². The third-order valence-corrected chi connectivity index (χ3v) is 12.3. The first kappa shape index (κ1) is 37.0. The molecule has 1 aliphatic heterocycles. The van der Waals surface area contributed by atoms with Gasteiger partial charge in [0, 0.05) is 16.3 Å². The van der Waals surface area contributed by atoms with Crippen molar-refractivity contribution in [2.24, 2.45) is 0 Å². The molecule has 2 heterocycles. The van der Waals surface area contributed by atoms with Gasteiger partial charge in [-0.05, 0) is 145 Å². The smallest absolute Gasteiger partial charge is 0.268 e. The first-order chi connectivity index (χ1) is 29.1. The van der Waals surface area contributed by atoms with E-state index >= 15 is 4.79 Å². The van der Waals surface area contributed by atoms with Gasteiger partial charge < -0.3 is 4.57 Å². The maximum absolute atomic E-state index is 15.2. The van der Waals surface area contributed by atoms with E-state index in [9.17, 15) is 4.79 Å². The van der Waals surface area contributed by atoms with Crippen LogP contribution in [0.2, 0.25) is 0 Å². The minimum absolute atomic E-state index is 0.333. The van der Waals surface area contributed by atoms with Gasteiger partial charge in [0.25, 0.3) is 11.8 Å². The van der Waals surface area contributed by atoms with Crippen LogP contribution in [0.15, 0.2) is 158 Å². The van der Waals surface area contributed by atoms with Gasteiger partial charge in [-0.15, -0.1) is 0 Å². The van der Waals surface area contributed by atoms with E-state index < -0.39 is 0 Å². The van der Waals surface area contributed by atoms with Crippen molar-refractivity contribution in [3.05, 3.63) is 202 Å². The van der Waals surface area contributed by atoms with Crippen molar-refractivity contribution < 1.29 is 9.59 Å². The van der Waals surface area contributed by atoms with Gasteiger partial charge in [0.2, 0.25) is 0 Å². The summed E-state index contributed by atoms with van der Waals surface area (Å²) in [7, 11) is 0. The quantitative estimate of drug-likeness (QED) is 0.158. The molecule has 290 valence electrons. The van der Waals surface area contributed by atoms with Crippen LogP contribution >= 0.6 is 0 Å². The number of aromatic nitrogens is 1. The summed E-state index contributed by atoms with van der Waals surface area (Å²) in [5.74, 6) is -0.673. The highest BCUT2D eigenvalue weighted by molar-refractivity contribution is 6.37. The molecule has 0 aliphatic carbocycles. The standard InChI is InChI=1S/C56H44N2O2/c1-33-27-35(3)51(36(4)28-33)41-23-25-47-45(31-41)46-32-42(52-37(5)29-34(2)30-38(52)6)24-26-48(46)57(47)50-22-14-20-44-54(50)56(60)58(55(44)59)49-21-13-19-43(39-15-9-7-10-16-39)53(49)40-17-11-8-12-18-40/h7-32H,1-6H3. The summed E-state index contributed by atoms with van der Waals surface area (Å²) in [6.45, 7) is 13.0. The number of imide groups is 1. The van der Waals surface area contributed by atoms with Crippen molar-refractivity contribution in [1.29, 1.82) is 0 Å². The van der Waals surface area contributed by atoms with Crippen LogP contribution in [0.3, 0.4) is 0 Å². The zero-order valence-electron chi connectivity index (χ0n) is 34.7. The molecule has 0 fully saturated rings. The van der Waals surface area contributed by atoms with Crippen molar-refractivity contribution in [1.82, 2.24) is 4.57 Å². The lowest BCUT2D eigenvalue weighted by Crippen LogP contribution is -2.30. The molecule has 10 rings (SSSR count). The molecule has 0 saturated carbocycles. The summed E-state index contributed by atoms with van der Waals surface area (Å²) < 4.78 is 2.19. The molecule has 9 aromatic rings. The second-order valence-electron chi connectivity index (χ2n) is 16.4. The van der Waals surface area contributed by atoms with Crippen LogP contribution < -0.4 is 4.90 Å². The van der Waals surface area contributed by atoms with Gasteiger partial charge in [-0.3, -0.25) is 9.59 Å². The van der Waals surface area contributed by atoms with Gasteiger partial charge in [0.1, 0.15) is 0 Å². The molecule has 0 radical (unpaired) electrons. The number of hydrogen-bond donors (Lipinski definition) is 0. The van der Waals surface area contributed by atoms with Gasteiger partial charge >= 0.3 is 0 Å². The van der Waals surface area contributed by atoms with Crippen LogP contribution in [-0.2, 0) is 0 Å². The molecular formula is C56H44N2O2. The minimum atomic E-state index is -0.340. The SMILES string of the molecule is Cc1cc(C)c(-c2ccc3c(c2)c2cc(-c4c(C)cc(C)cc4C)ccc2n3-c2cccc3c2C(=O)N(c2cccc(-c4ccccc4)c2-c2ccccc2)C3=O)c(C)c1. The van der Waals surface area contributed by atoms with Crippen molar-refractivity contribution in [3.63, 3.8) is 0 Å². The Hall–Kier alpha value is -7.30. The van der Waals surface area contributed by atoms with Gasteiger partial charge in [0.15, 0.2) is 0 Å². The molecule has 0 spiro atoms. The Labute approximate surface area is 351 Å². The molecule has 4 heteroatoms. The highest BCUT2D eigenvalue weighted by atomic mass is 16.2. The molecule has 8 aromatic carbocycles. The minimum Gasteiger partial charge on any atom is -0.308 e. The second-order valence-corrected chi connectivity index (χ2v) is 16.4. The van der Waals surface area contributed by atoms with Crippen LogP contribution in [0, 0.1) is 41.5 Å². The number of hydrogen-bond acceptors (Lipinski definition) is 2. The van der Waals surface area contributed by atoms with E-state index in [1.807, 2.05) is 72.8 Å². The van der Waals surface area contributed by atoms with Crippen molar-refractivity contribution in [3.8, 4) is 50.2 Å². The summed E-state index contributed by atoms with van der Waals surface area (Å²) >= 11 is 0. The Morgan fingerprint density at radius 3 is 1.33 bits per heavy atom. The van der Waals surface area contributed by atoms with Crippen LogP contribution in [0.5, 0.6) is 0 Å². The van der Waals surface area contributed by atoms with E-state index in [1.165, 1.54) is 49.4 Å². The van der Waals surface area contributed by atoms with Crippen molar-refractivity contribution >= 4 is 39.3 Å². The lowest BCUT2D eigenvalue weighted by Gasteiger charge is -2.22. The van der Waals surface area contributed by atoms with Gasteiger partial charge in [0.05, 0.1) is 33.5 Å². The fourth-order valence-electron chi connectivity index (χ4n) is 10.0. The summed E-state index contributed by atoms with van der Waals surface area (Å²) in [6, 6.07) is 54.1. The Kier molecular flexibility index (Phi) is 8.76. The van der Waals surface area contributed by atoms with Gasteiger partial charge in [-0.1, -0.05) is 126 Å². The molecule has 1 aliphatic rings. The number of amides is 2. The highest BCUT2D eigenvalue weighted by Crippen LogP contribution is 2.45. The fourth-order valence-corrected chi connectivity index (χ4v) is 10.0. The number of rotatable bonds is 6. The Morgan fingerprint density at radius 2 is 0.817 bits per heavy atom. The van der Waals surface area contributed by atoms with Gasteiger partial charge in [-0.2, -0.15) is 0 Å². The van der Waals surface area contributed by atoms with E-state index in [2.05, 4.69) is 125 Å². The monoisotopic (exact) mass is 776 g/mol. The van der Waals surface area contributed by atoms with Crippen LogP contribution in [0.4, 0.5) is 5.69 Å². The average Bonchev–Trinajstić information content (AvgIpc) is 3.69. The lowest BCUT2D eigenvalue weighted by atomic mass is 9.91. The molecule has 2 amide bonds. The molecule has 0 atom stereocenters. The predicted molar refractivity (Wildman–Crippen MR) is 249 cm³/mol. The Balaban J connectivity index is 1.21. The third-order valence-electron chi connectivity index (χ3n) is 12.3. The van der Waals surface area contributed by atoms with Crippen molar-refractivity contribution in [2.75, 3.05) is 4.90 Å². The predicted octanol–water partition coefficient (Wildman–Crippen LogP) is 14.1. The molecule has 0 unspecified atom stereocenters. The number of anilines is 1. The zero-order valence-corrected chi connectivity index (χ0v) is 34.7. The topological polar surface area (TPSA) is 42.3 Å². The first-order valence-electron chi connectivity index (χ1n) is 20.6. The van der Waals surface area contributed by atoms with Gasteiger partial charge in [-0.25, -0.2) is 4.90 Å². The largest absolute Gasteiger partial charge is 0.308 e. The number of fused-ring (bicyclic) bond motifs is 4. The van der Waals surface area contributed by atoms with E-state index in [1.54, 1.807) is 6.07 Å². The molecule has 60 heavy (non-hydrogen) atoms. The maximum Gasteiger partial charge on any atom is 0.268 e. The summed E-state index contributed by atoms with van der Waals surface area (Å²) in [6.07, 6.45) is 0. The number of carbonyl (C=O) groups excluding carboxylic acids is 2. The number of benzene rings is 8. The van der Waals surface area contributed by atoms with E-state index in [4.69, 9.17) is 0 Å². The molecule has 0 saturated heterocycles. The Bertz CT molecular complexity index is 3080. The zero-order chi connectivity index (χ0) is 41.4. The summed E-state index contributed by atoms with van der Waals surface area (Å²) in [5.41, 5.74) is 19.9. The summed E-state index contributed by atoms with van der Waals surface area (Å²) in [4.78, 5) is 31.4. The van der Waals surface area contributed by atoms with Crippen molar-refractivity contribution in [2.45, 2.75) is 41.5 Å². The molecule has 1 aromatic heterocycles. The van der Waals surface area contributed by atoms with Crippen LogP contribution in [0.1, 0.15) is 54.1 Å². The van der Waals surface area contributed by atoms with E-state index in [0.717, 1.165) is 55.2 Å². The number of aryl methyl sites for hydroxylation is 6. The normalized spacial score (nSPS) is 12.5. The number of nitrogens with zero attached hydrogens (tertiary/aromatic N) is 2. The highest BCUT2D eigenvalue weighted by Gasteiger charge is 2.41. The molecule has 0 bridgehead atoms. The Morgan fingerprint density at radius 1 is 0.350 bits per heavy atom. The number of carbonyl (C=O) groups is 2. The molecule has 4 nitrogen and oxygen atoms in total. The van der Waals surface area contributed by atoms with E-state index in [0.29, 0.717) is 22.5 Å². The second kappa shape index (κ2) is 14.2. The maximum atomic E-state index is 15.2. The first-order valence-corrected chi connectivity index (χ1v) is 20.6. The average molecular weight is 777 g/mol. The molecular weight excluding hydrogens is 733 g/mol. The molecule has 0 N–H and O–H groups in total. The van der Waals surface area contributed by atoms with E-state index in [-0.39, 0.29) is 11.8 Å². The lowest BCUT2D eigenvalue weighted by molar-refractivity contribution is 0.0926.